The van der Waals surface area contributed by atoms with E-state index in [4.69, 9.17) is 4.74 Å². The molecule has 0 unspecified atom stereocenters. The molecule has 0 aliphatic carbocycles. The SMILES string of the molecule is CC(C)(Cc1cccc(CC(=O)OC(C)(C)C2CCNCC2)c1)C(=O)CC(C)(C)C1CCNCC1. The van der Waals surface area contributed by atoms with Crippen molar-refractivity contribution in [3.63, 3.8) is 0 Å². The van der Waals surface area contributed by atoms with E-state index in [0.717, 1.165) is 63.0 Å². The van der Waals surface area contributed by atoms with Crippen LogP contribution in [-0.4, -0.2) is 43.5 Å². The van der Waals surface area contributed by atoms with Gasteiger partial charge in [0.05, 0.1) is 6.42 Å². The maximum absolute atomic E-state index is 13.4. The highest BCUT2D eigenvalue weighted by atomic mass is 16.6. The van der Waals surface area contributed by atoms with Gasteiger partial charge < -0.3 is 15.4 Å². The summed E-state index contributed by atoms with van der Waals surface area (Å²) in [7, 11) is 0. The van der Waals surface area contributed by atoms with Crippen LogP contribution in [-0.2, 0) is 27.2 Å². The van der Waals surface area contributed by atoms with Crippen molar-refractivity contribution < 1.29 is 14.3 Å². The van der Waals surface area contributed by atoms with Crippen molar-refractivity contribution in [1.29, 1.82) is 0 Å². The average molecular weight is 485 g/mol. The van der Waals surface area contributed by atoms with Crippen LogP contribution in [0.4, 0.5) is 0 Å². The predicted molar refractivity (Wildman–Crippen MR) is 142 cm³/mol. The van der Waals surface area contributed by atoms with Gasteiger partial charge in [0.15, 0.2) is 0 Å². The summed E-state index contributed by atoms with van der Waals surface area (Å²) in [6, 6.07) is 8.12. The smallest absolute Gasteiger partial charge is 0.310 e. The Hall–Kier alpha value is -1.72. The Morgan fingerprint density at radius 2 is 1.40 bits per heavy atom. The molecule has 2 saturated heterocycles. The van der Waals surface area contributed by atoms with Crippen LogP contribution in [0, 0.1) is 22.7 Å². The molecular formula is C30H48N2O3. The van der Waals surface area contributed by atoms with Gasteiger partial charge in [0.2, 0.25) is 0 Å². The zero-order valence-corrected chi connectivity index (χ0v) is 23.0. The van der Waals surface area contributed by atoms with E-state index >= 15 is 0 Å². The van der Waals surface area contributed by atoms with Gasteiger partial charge in [-0.2, -0.15) is 0 Å². The fraction of sp³-hybridized carbons (Fsp3) is 0.733. The Bertz CT molecular complexity index is 862. The van der Waals surface area contributed by atoms with Gasteiger partial charge in [0.1, 0.15) is 11.4 Å². The summed E-state index contributed by atoms with van der Waals surface area (Å²) >= 11 is 0. The molecule has 0 aromatic heterocycles. The third-order valence-electron chi connectivity index (χ3n) is 8.50. The Morgan fingerprint density at radius 3 is 2.00 bits per heavy atom. The summed E-state index contributed by atoms with van der Waals surface area (Å²) in [5, 5.41) is 6.80. The molecule has 1 aromatic rings. The first-order chi connectivity index (χ1) is 16.4. The van der Waals surface area contributed by atoms with Crippen LogP contribution in [0.2, 0.25) is 0 Å². The quantitative estimate of drug-likeness (QED) is 0.452. The Balaban J connectivity index is 1.58. The van der Waals surface area contributed by atoms with Gasteiger partial charge in [-0.25, -0.2) is 0 Å². The lowest BCUT2D eigenvalue weighted by Gasteiger charge is -2.38. The van der Waals surface area contributed by atoms with Gasteiger partial charge in [-0.3, -0.25) is 9.59 Å². The minimum absolute atomic E-state index is 0.0171. The van der Waals surface area contributed by atoms with Gasteiger partial charge in [-0.15, -0.1) is 0 Å². The van der Waals surface area contributed by atoms with Gasteiger partial charge in [0, 0.05) is 17.8 Å². The zero-order chi connectivity index (χ0) is 25.7. The van der Waals surface area contributed by atoms with Crippen LogP contribution in [0.15, 0.2) is 24.3 Å². The van der Waals surface area contributed by atoms with Gasteiger partial charge >= 0.3 is 5.97 Å². The first-order valence-electron chi connectivity index (χ1n) is 13.6. The summed E-state index contributed by atoms with van der Waals surface area (Å²) in [6.07, 6.45) is 5.92. The second-order valence-electron chi connectivity index (χ2n) is 12.8. The third kappa shape index (κ3) is 7.88. The molecule has 0 spiro atoms. The van der Waals surface area contributed by atoms with Crippen molar-refractivity contribution in [2.45, 2.75) is 92.1 Å². The normalized spacial score (nSPS) is 18.9. The van der Waals surface area contributed by atoms with Crippen molar-refractivity contribution >= 4 is 11.8 Å². The molecule has 2 fully saturated rings. The molecule has 1 aromatic carbocycles. The first-order valence-corrected chi connectivity index (χ1v) is 13.6. The highest BCUT2D eigenvalue weighted by Crippen LogP contribution is 2.39. The minimum atomic E-state index is -0.452. The maximum atomic E-state index is 13.4. The molecule has 2 N–H and O–H groups in total. The third-order valence-corrected chi connectivity index (χ3v) is 8.50. The Labute approximate surface area is 213 Å². The highest BCUT2D eigenvalue weighted by molar-refractivity contribution is 5.85. The van der Waals surface area contributed by atoms with Crippen LogP contribution in [0.5, 0.6) is 0 Å². The average Bonchev–Trinajstić information content (AvgIpc) is 2.79. The molecule has 2 aliphatic rings. The van der Waals surface area contributed by atoms with Crippen LogP contribution < -0.4 is 10.6 Å². The number of esters is 1. The van der Waals surface area contributed by atoms with Gasteiger partial charge in [0.25, 0.3) is 0 Å². The summed E-state index contributed by atoms with van der Waals surface area (Å²) in [5.41, 5.74) is 1.17. The molecule has 196 valence electrons. The van der Waals surface area contributed by atoms with Gasteiger partial charge in [-0.1, -0.05) is 52.0 Å². The second kappa shape index (κ2) is 11.6. The topological polar surface area (TPSA) is 67.4 Å². The lowest BCUT2D eigenvalue weighted by molar-refractivity contribution is -0.161. The van der Waals surface area contributed by atoms with E-state index in [2.05, 4.69) is 50.5 Å². The number of ether oxygens (including phenoxy) is 1. The molecule has 0 radical (unpaired) electrons. The first kappa shape index (κ1) is 27.9. The molecule has 2 heterocycles. The molecule has 0 atom stereocenters. The van der Waals surface area contributed by atoms with E-state index in [0.29, 0.717) is 30.5 Å². The monoisotopic (exact) mass is 484 g/mol. The van der Waals surface area contributed by atoms with Crippen LogP contribution in [0.3, 0.4) is 0 Å². The number of benzene rings is 1. The molecule has 2 aliphatic heterocycles. The molecule has 5 nitrogen and oxygen atoms in total. The van der Waals surface area contributed by atoms with Crippen molar-refractivity contribution in [2.75, 3.05) is 26.2 Å². The van der Waals surface area contributed by atoms with E-state index < -0.39 is 11.0 Å². The minimum Gasteiger partial charge on any atom is -0.459 e. The number of ketones is 1. The van der Waals surface area contributed by atoms with Crippen molar-refractivity contribution in [3.05, 3.63) is 35.4 Å². The summed E-state index contributed by atoms with van der Waals surface area (Å²) in [5.74, 6) is 1.13. The molecule has 5 heteroatoms. The van der Waals surface area contributed by atoms with E-state index in [-0.39, 0.29) is 17.8 Å². The predicted octanol–water partition coefficient (Wildman–Crippen LogP) is 5.10. The number of carbonyl (C=O) groups excluding carboxylic acids is 2. The van der Waals surface area contributed by atoms with Crippen molar-refractivity contribution in [3.8, 4) is 0 Å². The summed E-state index contributed by atoms with van der Waals surface area (Å²) in [6.45, 7) is 16.8. The van der Waals surface area contributed by atoms with E-state index in [1.54, 1.807) is 0 Å². The molecular weight excluding hydrogens is 436 g/mol. The van der Waals surface area contributed by atoms with Crippen LogP contribution >= 0.6 is 0 Å². The molecule has 35 heavy (non-hydrogen) atoms. The molecule has 0 bridgehead atoms. The lowest BCUT2D eigenvalue weighted by Crippen LogP contribution is -2.43. The second-order valence-corrected chi connectivity index (χ2v) is 12.8. The van der Waals surface area contributed by atoms with E-state index in [1.165, 1.54) is 0 Å². The summed E-state index contributed by atoms with van der Waals surface area (Å²) < 4.78 is 5.95. The maximum Gasteiger partial charge on any atom is 0.310 e. The van der Waals surface area contributed by atoms with Crippen molar-refractivity contribution in [2.24, 2.45) is 22.7 Å². The van der Waals surface area contributed by atoms with Crippen LogP contribution in [0.25, 0.3) is 0 Å². The fourth-order valence-corrected chi connectivity index (χ4v) is 5.96. The standard InChI is InChI=1S/C30H48N2O3/c1-28(2,24-10-14-31-15-11-24)21-26(33)29(3,4)20-23-9-7-8-22(18-23)19-27(34)35-30(5,6)25-12-16-32-17-13-25/h7-9,18,24-25,31-32H,10-17,19-21H2,1-6H3. The van der Waals surface area contributed by atoms with Gasteiger partial charge in [-0.05, 0) is 94.6 Å². The number of rotatable bonds is 10. The number of nitrogens with one attached hydrogen (secondary N) is 2. The highest BCUT2D eigenvalue weighted by Gasteiger charge is 2.37. The fourth-order valence-electron chi connectivity index (χ4n) is 5.96. The van der Waals surface area contributed by atoms with E-state index in [1.807, 2.05) is 26.0 Å². The Morgan fingerprint density at radius 1 is 0.857 bits per heavy atom. The van der Waals surface area contributed by atoms with Crippen LogP contribution in [0.1, 0.15) is 84.8 Å². The van der Waals surface area contributed by atoms with Crippen molar-refractivity contribution in [1.82, 2.24) is 10.6 Å². The molecule has 0 saturated carbocycles. The summed E-state index contributed by atoms with van der Waals surface area (Å²) in [4.78, 5) is 26.2. The Kier molecular flexibility index (Phi) is 9.20. The number of Topliss-reactive ketones (excluding diaryl/α,β-unsaturated/α-hetero) is 1. The number of hydrogen-bond donors (Lipinski definition) is 2. The zero-order valence-electron chi connectivity index (χ0n) is 23.0. The molecule has 3 rings (SSSR count). The van der Waals surface area contributed by atoms with E-state index in [9.17, 15) is 9.59 Å². The largest absolute Gasteiger partial charge is 0.459 e. The lowest BCUT2D eigenvalue weighted by atomic mass is 9.67. The number of carbonyl (C=O) groups is 2. The number of piperidine rings is 2. The number of hydrogen-bond acceptors (Lipinski definition) is 5. The molecule has 0 amide bonds.